The van der Waals surface area contributed by atoms with Gasteiger partial charge in [0.25, 0.3) is 0 Å². The van der Waals surface area contributed by atoms with Crippen molar-refractivity contribution in [3.8, 4) is 95.7 Å². The second-order valence-corrected chi connectivity index (χ2v) is 28.4. The molecule has 0 unspecified atom stereocenters. The quantitative estimate of drug-likeness (QED) is 0.160. The van der Waals surface area contributed by atoms with Crippen LogP contribution in [0.5, 0.6) is 0 Å². The van der Waals surface area contributed by atoms with Crippen LogP contribution in [0.3, 0.4) is 0 Å². The molecule has 0 amide bonds. The minimum Gasteiger partial charge on any atom is -0.309 e. The van der Waals surface area contributed by atoms with Crippen LogP contribution in [0, 0.1) is 0 Å². The van der Waals surface area contributed by atoms with Gasteiger partial charge < -0.3 is 4.57 Å². The molecule has 0 fully saturated rings. The number of fused-ring (bicyclic) bond motifs is 18. The highest BCUT2D eigenvalue weighted by Gasteiger charge is 2.38. The van der Waals surface area contributed by atoms with E-state index in [2.05, 4.69) is 334 Å². The van der Waals surface area contributed by atoms with E-state index in [1.165, 1.54) is 99.8 Å². The molecule has 3 aliphatic rings. The van der Waals surface area contributed by atoms with Crippen molar-refractivity contribution in [3.05, 3.63) is 312 Å². The van der Waals surface area contributed by atoms with Crippen LogP contribution in [0.1, 0.15) is 74.9 Å². The van der Waals surface area contributed by atoms with Crippen LogP contribution in [0.15, 0.2) is 279 Å². The molecule has 13 aromatic carbocycles. The number of benzene rings is 13. The Morgan fingerprint density at radius 1 is 0.219 bits per heavy atom. The van der Waals surface area contributed by atoms with Gasteiger partial charge in [0.1, 0.15) is 0 Å². The second-order valence-electron chi connectivity index (χ2n) is 28.4. The molecule has 4 heterocycles. The summed E-state index contributed by atoms with van der Waals surface area (Å²) < 4.78 is 6.88. The van der Waals surface area contributed by atoms with Crippen LogP contribution in [0.25, 0.3) is 161 Å². The SMILES string of the molecule is CC1(C)c2ccccc2-c2cc(-c3ccc4c(c3)c3ccccc3n4-c3ccc(-c4nc(-n5c6ccccc6c6cc(-c7ccc8c(c7)-c7ccccc7C8(C)C)ccc65)nc(-n5c6ccccc6c6cc(-c7ccc8c(c7)-c7ccccc7C8(C)C)ccc65)n4)cc3)ccc21. The number of rotatable bonds is 7. The lowest BCUT2D eigenvalue weighted by Crippen LogP contribution is -2.14. The molecule has 0 aliphatic heterocycles. The highest BCUT2D eigenvalue weighted by molar-refractivity contribution is 6.13. The van der Waals surface area contributed by atoms with Crippen molar-refractivity contribution in [2.45, 2.75) is 57.8 Å². The van der Waals surface area contributed by atoms with Gasteiger partial charge in [-0.15, -0.1) is 0 Å². The zero-order valence-electron chi connectivity index (χ0n) is 54.2. The van der Waals surface area contributed by atoms with Gasteiger partial charge in [0.15, 0.2) is 5.82 Å². The van der Waals surface area contributed by atoms with Crippen LogP contribution < -0.4 is 0 Å². The van der Waals surface area contributed by atoms with Crippen molar-refractivity contribution in [1.29, 1.82) is 0 Å². The van der Waals surface area contributed by atoms with E-state index in [0.29, 0.717) is 17.7 Å². The van der Waals surface area contributed by atoms with E-state index in [4.69, 9.17) is 15.0 Å². The second kappa shape index (κ2) is 19.7. The average molecular weight is 1230 g/mol. The molecule has 20 rings (SSSR count). The summed E-state index contributed by atoms with van der Waals surface area (Å²) in [5.41, 5.74) is 31.3. The highest BCUT2D eigenvalue weighted by atomic mass is 15.3. The molecule has 0 atom stereocenters. The van der Waals surface area contributed by atoms with Crippen molar-refractivity contribution >= 4 is 65.4 Å². The van der Waals surface area contributed by atoms with Gasteiger partial charge in [-0.2, -0.15) is 15.0 Å². The summed E-state index contributed by atoms with van der Waals surface area (Å²) in [6.45, 7) is 14.1. The fraction of sp³-hybridized carbons (Fsp3) is 0.100. The van der Waals surface area contributed by atoms with Gasteiger partial charge in [0.2, 0.25) is 11.9 Å². The summed E-state index contributed by atoms with van der Waals surface area (Å²) in [7, 11) is 0. The van der Waals surface area contributed by atoms with Crippen molar-refractivity contribution in [2.75, 3.05) is 0 Å². The Morgan fingerprint density at radius 3 is 0.885 bits per heavy atom. The minimum atomic E-state index is -0.0729. The summed E-state index contributed by atoms with van der Waals surface area (Å²) in [4.78, 5) is 16.8. The summed E-state index contributed by atoms with van der Waals surface area (Å²) in [5, 5.41) is 6.91. The van der Waals surface area contributed by atoms with Crippen molar-refractivity contribution in [3.63, 3.8) is 0 Å². The van der Waals surface area contributed by atoms with E-state index in [9.17, 15) is 0 Å². The largest absolute Gasteiger partial charge is 0.309 e. The Balaban J connectivity index is 0.744. The number of hydrogen-bond acceptors (Lipinski definition) is 3. The molecule has 4 aromatic heterocycles. The molecule has 454 valence electrons. The van der Waals surface area contributed by atoms with E-state index < -0.39 is 0 Å². The zero-order chi connectivity index (χ0) is 64.1. The van der Waals surface area contributed by atoms with E-state index in [1.807, 2.05) is 0 Å². The first kappa shape index (κ1) is 54.8. The van der Waals surface area contributed by atoms with Gasteiger partial charge >= 0.3 is 0 Å². The van der Waals surface area contributed by atoms with Gasteiger partial charge in [-0.1, -0.05) is 224 Å². The minimum absolute atomic E-state index is 0.0479. The third-order valence-corrected chi connectivity index (χ3v) is 22.2. The van der Waals surface area contributed by atoms with Crippen LogP contribution in [-0.4, -0.2) is 28.7 Å². The monoisotopic (exact) mass is 1230 g/mol. The van der Waals surface area contributed by atoms with E-state index >= 15 is 0 Å². The molecule has 0 bridgehead atoms. The van der Waals surface area contributed by atoms with Gasteiger partial charge in [-0.3, -0.25) is 9.13 Å². The van der Waals surface area contributed by atoms with Crippen molar-refractivity contribution in [1.82, 2.24) is 28.7 Å². The van der Waals surface area contributed by atoms with Gasteiger partial charge in [-0.25, -0.2) is 0 Å². The number of nitrogens with zero attached hydrogens (tertiary/aromatic N) is 6. The third-order valence-electron chi connectivity index (χ3n) is 22.2. The van der Waals surface area contributed by atoms with Crippen LogP contribution in [0.2, 0.25) is 0 Å². The molecular formula is C90H64N6. The Labute approximate surface area is 556 Å². The van der Waals surface area contributed by atoms with Crippen LogP contribution >= 0.6 is 0 Å². The number of hydrogen-bond donors (Lipinski definition) is 0. The lowest BCUT2D eigenvalue weighted by molar-refractivity contribution is 0.660. The standard InChI is InChI=1S/C90H64N6/c1-88(2)73-25-13-7-19-61(73)67-47-54(33-41-76(67)88)57-36-44-82-70(50-57)64-22-10-16-28-79(64)94(82)60-39-31-53(32-40-60)85-91-86(95-80-29-17-11-23-65(80)71-51-58(37-45-83(71)95)55-34-42-77-68(48-55)62-20-8-14-26-74(62)89(77,3)4)93-87(92-85)96-81-30-18-12-24-66(81)72-52-59(38-46-84(72)96)56-35-43-78-69(49-56)63-21-9-15-27-75(63)90(78,5)6/h7-52H,1-6H3. The van der Waals surface area contributed by atoms with Gasteiger partial charge in [0.05, 0.1) is 33.1 Å². The molecule has 6 heteroatoms. The van der Waals surface area contributed by atoms with Gasteiger partial charge in [0, 0.05) is 59.8 Å². The summed E-state index contributed by atoms with van der Waals surface area (Å²) in [5.74, 6) is 1.64. The Kier molecular flexibility index (Phi) is 11.2. The van der Waals surface area contributed by atoms with E-state index in [0.717, 1.165) is 77.0 Å². The molecule has 17 aromatic rings. The van der Waals surface area contributed by atoms with Crippen molar-refractivity contribution < 1.29 is 0 Å². The molecule has 0 spiro atoms. The Hall–Kier alpha value is -11.7. The fourth-order valence-corrected chi connectivity index (χ4v) is 17.3. The van der Waals surface area contributed by atoms with Crippen LogP contribution in [-0.2, 0) is 16.2 Å². The molecule has 0 saturated heterocycles. The predicted molar refractivity (Wildman–Crippen MR) is 397 cm³/mol. The smallest absolute Gasteiger partial charge is 0.240 e. The molecular weight excluding hydrogens is 1170 g/mol. The maximum Gasteiger partial charge on any atom is 0.240 e. The zero-order valence-corrected chi connectivity index (χ0v) is 54.2. The topological polar surface area (TPSA) is 53.5 Å². The van der Waals surface area contributed by atoms with E-state index in [1.54, 1.807) is 0 Å². The first-order valence-corrected chi connectivity index (χ1v) is 33.6. The predicted octanol–water partition coefficient (Wildman–Crippen LogP) is 22.7. The van der Waals surface area contributed by atoms with Gasteiger partial charge in [-0.05, 0) is 197 Å². The molecule has 0 radical (unpaired) electrons. The maximum atomic E-state index is 5.64. The third kappa shape index (κ3) is 7.66. The summed E-state index contributed by atoms with van der Waals surface area (Å²) >= 11 is 0. The normalized spacial score (nSPS) is 14.4. The summed E-state index contributed by atoms with van der Waals surface area (Å²) in [6.07, 6.45) is 0. The fourth-order valence-electron chi connectivity index (χ4n) is 17.3. The average Bonchev–Trinajstić information content (AvgIpc) is 1.58. The Morgan fingerprint density at radius 2 is 0.500 bits per heavy atom. The van der Waals surface area contributed by atoms with Crippen molar-refractivity contribution in [2.24, 2.45) is 0 Å². The molecule has 96 heavy (non-hydrogen) atoms. The van der Waals surface area contributed by atoms with Crippen LogP contribution in [0.4, 0.5) is 0 Å². The summed E-state index contributed by atoms with van der Waals surface area (Å²) in [6, 6.07) is 103. The Bertz CT molecular complexity index is 6000. The first-order valence-electron chi connectivity index (χ1n) is 33.6. The molecule has 6 nitrogen and oxygen atoms in total. The van der Waals surface area contributed by atoms with E-state index in [-0.39, 0.29) is 16.2 Å². The lowest BCUT2D eigenvalue weighted by atomic mass is 9.82. The number of aromatic nitrogens is 6. The highest BCUT2D eigenvalue weighted by Crippen LogP contribution is 2.53. The first-order chi connectivity index (χ1) is 46.8. The number of para-hydroxylation sites is 3. The molecule has 3 aliphatic carbocycles. The maximum absolute atomic E-state index is 5.64. The molecule has 0 saturated carbocycles. The lowest BCUT2D eigenvalue weighted by Gasteiger charge is -2.21. The molecule has 0 N–H and O–H groups in total.